The third kappa shape index (κ3) is 1.44. The molecule has 1 aliphatic carbocycles. The average molecular weight is 216 g/mol. The molecule has 0 unspecified atom stereocenters. The average Bonchev–Trinajstić information content (AvgIpc) is 2.28. The monoisotopic (exact) mass is 216 g/mol. The molecule has 16 heavy (non-hydrogen) atoms. The quantitative estimate of drug-likeness (QED) is 0.796. The molecule has 1 heterocycles. The first-order valence-electron chi connectivity index (χ1n) is 6.41. The maximum atomic E-state index is 5.96. The van der Waals surface area contributed by atoms with Crippen molar-refractivity contribution in [3.63, 3.8) is 0 Å². The molecule has 0 aromatic heterocycles. The van der Waals surface area contributed by atoms with Crippen LogP contribution >= 0.6 is 0 Å². The summed E-state index contributed by atoms with van der Waals surface area (Å²) in [7, 11) is 0. The highest BCUT2D eigenvalue weighted by molar-refractivity contribution is 5.55. The van der Waals surface area contributed by atoms with Crippen LogP contribution in [0.15, 0.2) is 18.2 Å². The highest BCUT2D eigenvalue weighted by atomic mass is 14.9. The zero-order chi connectivity index (χ0) is 11.0. The summed E-state index contributed by atoms with van der Waals surface area (Å²) in [5.41, 5.74) is 10.6. The number of benzene rings is 1. The molecule has 3 rings (SSSR count). The Hall–Kier alpha value is -1.02. The lowest BCUT2D eigenvalue weighted by atomic mass is 9.64. The Morgan fingerprint density at radius 1 is 1.25 bits per heavy atom. The predicted octanol–water partition coefficient (Wildman–Crippen LogP) is 2.43. The summed E-state index contributed by atoms with van der Waals surface area (Å²) in [6.07, 6.45) is 6.36. The molecular formula is C14H20N2. The van der Waals surface area contributed by atoms with E-state index in [4.69, 9.17) is 5.73 Å². The molecule has 0 bridgehead atoms. The molecule has 2 heteroatoms. The maximum Gasteiger partial charge on any atom is 0.0372 e. The second-order valence-electron chi connectivity index (χ2n) is 5.24. The van der Waals surface area contributed by atoms with Gasteiger partial charge in [0.15, 0.2) is 0 Å². The van der Waals surface area contributed by atoms with Crippen LogP contribution in [-0.4, -0.2) is 13.1 Å². The van der Waals surface area contributed by atoms with Crippen molar-refractivity contribution in [2.45, 2.75) is 37.5 Å². The number of hydrogen-bond acceptors (Lipinski definition) is 2. The molecule has 2 nitrogen and oxygen atoms in total. The predicted molar refractivity (Wildman–Crippen MR) is 67.8 cm³/mol. The van der Waals surface area contributed by atoms with Crippen molar-refractivity contribution in [2.75, 3.05) is 18.4 Å². The summed E-state index contributed by atoms with van der Waals surface area (Å²) in [4.78, 5) is 0. The summed E-state index contributed by atoms with van der Waals surface area (Å²) in [6.45, 7) is 1.92. The molecule has 0 saturated heterocycles. The van der Waals surface area contributed by atoms with Crippen molar-refractivity contribution in [1.82, 2.24) is 0 Å². The fraction of sp³-hybridized carbons (Fsp3) is 0.571. The van der Waals surface area contributed by atoms with Crippen LogP contribution in [0.5, 0.6) is 0 Å². The number of anilines is 1. The van der Waals surface area contributed by atoms with Crippen molar-refractivity contribution in [2.24, 2.45) is 5.73 Å². The third-order valence-electron chi connectivity index (χ3n) is 4.36. The lowest BCUT2D eigenvalue weighted by Crippen LogP contribution is -2.41. The minimum atomic E-state index is 0.312. The number of hydrogen-bond donors (Lipinski definition) is 2. The molecule has 0 spiro atoms. The molecule has 86 valence electrons. The van der Waals surface area contributed by atoms with E-state index in [1.54, 1.807) is 0 Å². The molecule has 0 amide bonds. The Labute approximate surface area is 97.2 Å². The van der Waals surface area contributed by atoms with Gasteiger partial charge in [0.25, 0.3) is 0 Å². The van der Waals surface area contributed by atoms with Gasteiger partial charge in [-0.1, -0.05) is 18.6 Å². The van der Waals surface area contributed by atoms with E-state index in [2.05, 4.69) is 23.5 Å². The Balaban J connectivity index is 1.96. The minimum Gasteiger partial charge on any atom is -0.385 e. The lowest BCUT2D eigenvalue weighted by molar-refractivity contribution is 0.253. The fourth-order valence-corrected chi connectivity index (χ4v) is 3.02. The van der Waals surface area contributed by atoms with Gasteiger partial charge in [-0.25, -0.2) is 0 Å². The summed E-state index contributed by atoms with van der Waals surface area (Å²) >= 11 is 0. The van der Waals surface area contributed by atoms with Crippen molar-refractivity contribution in [1.29, 1.82) is 0 Å². The van der Waals surface area contributed by atoms with Gasteiger partial charge in [-0.2, -0.15) is 0 Å². The SMILES string of the molecule is NCC1(c2ccc3c(c2)CCCN3)CCC1. The summed E-state index contributed by atoms with van der Waals surface area (Å²) in [6, 6.07) is 6.93. The Bertz CT molecular complexity index is 388. The van der Waals surface area contributed by atoms with E-state index in [-0.39, 0.29) is 0 Å². The summed E-state index contributed by atoms with van der Waals surface area (Å²) < 4.78 is 0. The molecule has 2 aliphatic rings. The van der Waals surface area contributed by atoms with Gasteiger partial charge in [0.1, 0.15) is 0 Å². The van der Waals surface area contributed by atoms with Gasteiger partial charge in [-0.15, -0.1) is 0 Å². The normalized spacial score (nSPS) is 21.8. The van der Waals surface area contributed by atoms with Crippen LogP contribution in [0.3, 0.4) is 0 Å². The van der Waals surface area contributed by atoms with E-state index in [1.165, 1.54) is 48.9 Å². The number of fused-ring (bicyclic) bond motifs is 1. The molecular weight excluding hydrogens is 196 g/mol. The first-order chi connectivity index (χ1) is 7.84. The van der Waals surface area contributed by atoms with Crippen molar-refractivity contribution in [3.05, 3.63) is 29.3 Å². The van der Waals surface area contributed by atoms with Gasteiger partial charge < -0.3 is 11.1 Å². The molecule has 0 radical (unpaired) electrons. The van der Waals surface area contributed by atoms with Crippen molar-refractivity contribution >= 4 is 5.69 Å². The maximum absolute atomic E-state index is 5.96. The molecule has 1 aliphatic heterocycles. The Morgan fingerprint density at radius 3 is 2.81 bits per heavy atom. The topological polar surface area (TPSA) is 38.0 Å². The van der Waals surface area contributed by atoms with Crippen molar-refractivity contribution < 1.29 is 0 Å². The van der Waals surface area contributed by atoms with Crippen LogP contribution in [-0.2, 0) is 11.8 Å². The van der Waals surface area contributed by atoms with E-state index >= 15 is 0 Å². The largest absolute Gasteiger partial charge is 0.385 e. The van der Waals surface area contributed by atoms with Crippen LogP contribution in [0.1, 0.15) is 36.8 Å². The van der Waals surface area contributed by atoms with Crippen LogP contribution in [0, 0.1) is 0 Å². The summed E-state index contributed by atoms with van der Waals surface area (Å²) in [5, 5.41) is 3.46. The first-order valence-corrected chi connectivity index (χ1v) is 6.41. The third-order valence-corrected chi connectivity index (χ3v) is 4.36. The molecule has 1 fully saturated rings. The van der Waals surface area contributed by atoms with Gasteiger partial charge in [0.2, 0.25) is 0 Å². The van der Waals surface area contributed by atoms with E-state index in [0.29, 0.717) is 5.41 Å². The smallest absolute Gasteiger partial charge is 0.0372 e. The van der Waals surface area contributed by atoms with Crippen LogP contribution in [0.4, 0.5) is 5.69 Å². The van der Waals surface area contributed by atoms with E-state index in [9.17, 15) is 0 Å². The van der Waals surface area contributed by atoms with Gasteiger partial charge in [-0.3, -0.25) is 0 Å². The van der Waals surface area contributed by atoms with Gasteiger partial charge in [0.05, 0.1) is 0 Å². The Morgan fingerprint density at radius 2 is 2.12 bits per heavy atom. The lowest BCUT2D eigenvalue weighted by Gasteiger charge is -2.42. The molecule has 0 atom stereocenters. The van der Waals surface area contributed by atoms with E-state index < -0.39 is 0 Å². The fourth-order valence-electron chi connectivity index (χ4n) is 3.02. The molecule has 1 aromatic rings. The molecule has 1 aromatic carbocycles. The van der Waals surface area contributed by atoms with Gasteiger partial charge in [-0.05, 0) is 42.9 Å². The highest BCUT2D eigenvalue weighted by Gasteiger charge is 2.37. The van der Waals surface area contributed by atoms with Crippen molar-refractivity contribution in [3.8, 4) is 0 Å². The number of rotatable bonds is 2. The van der Waals surface area contributed by atoms with Crippen LogP contribution < -0.4 is 11.1 Å². The summed E-state index contributed by atoms with van der Waals surface area (Å²) in [5.74, 6) is 0. The van der Waals surface area contributed by atoms with E-state index in [0.717, 1.165) is 13.1 Å². The molecule has 1 saturated carbocycles. The van der Waals surface area contributed by atoms with E-state index in [1.807, 2.05) is 0 Å². The zero-order valence-corrected chi connectivity index (χ0v) is 9.76. The second kappa shape index (κ2) is 3.77. The second-order valence-corrected chi connectivity index (χ2v) is 5.24. The molecule has 3 N–H and O–H groups in total. The standard InChI is InChI=1S/C14H20N2/c15-10-14(6-2-7-14)12-4-5-13-11(9-12)3-1-8-16-13/h4-5,9,16H,1-3,6-8,10,15H2. The minimum absolute atomic E-state index is 0.312. The number of nitrogens with two attached hydrogens (primary N) is 1. The van der Waals surface area contributed by atoms with Gasteiger partial charge >= 0.3 is 0 Å². The van der Waals surface area contributed by atoms with Crippen LogP contribution in [0.2, 0.25) is 0 Å². The number of nitrogens with one attached hydrogen (secondary N) is 1. The Kier molecular flexibility index (Phi) is 2.40. The number of aryl methyl sites for hydroxylation is 1. The van der Waals surface area contributed by atoms with Crippen LogP contribution in [0.25, 0.3) is 0 Å². The highest BCUT2D eigenvalue weighted by Crippen LogP contribution is 2.43. The van der Waals surface area contributed by atoms with Gasteiger partial charge in [0, 0.05) is 24.2 Å². The first kappa shape index (κ1) is 10.2. The zero-order valence-electron chi connectivity index (χ0n) is 9.76.